The van der Waals surface area contributed by atoms with Crippen LogP contribution in [0.25, 0.3) is 0 Å². The Balaban J connectivity index is 1.65. The van der Waals surface area contributed by atoms with Gasteiger partial charge in [0.05, 0.1) is 6.10 Å². The first kappa shape index (κ1) is 19.4. The summed E-state index contributed by atoms with van der Waals surface area (Å²) >= 11 is 6.00. The number of urea groups is 1. The fourth-order valence-electron chi connectivity index (χ4n) is 2.22. The molecule has 0 heterocycles. The van der Waals surface area contributed by atoms with Crippen LogP contribution in [0.2, 0.25) is 5.02 Å². The van der Waals surface area contributed by atoms with Crippen LogP contribution in [0.1, 0.15) is 17.2 Å². The SMILES string of the molecule is O=C(NCC[S@](=O)Cc1ccccc1)NC[C@@H](O)c1ccccc1Cl. The van der Waals surface area contributed by atoms with Gasteiger partial charge in [-0.05, 0) is 11.6 Å². The predicted molar refractivity (Wildman–Crippen MR) is 101 cm³/mol. The van der Waals surface area contributed by atoms with Crippen LogP contribution >= 0.6 is 11.6 Å². The maximum absolute atomic E-state index is 12.0. The van der Waals surface area contributed by atoms with Crippen LogP contribution in [0.4, 0.5) is 4.79 Å². The second-order valence-corrected chi connectivity index (χ2v) is 7.43. The quantitative estimate of drug-likeness (QED) is 0.658. The molecular weight excluding hydrogens is 360 g/mol. The van der Waals surface area contributed by atoms with Crippen LogP contribution in [-0.2, 0) is 16.6 Å². The van der Waals surface area contributed by atoms with Gasteiger partial charge in [-0.3, -0.25) is 4.21 Å². The van der Waals surface area contributed by atoms with Gasteiger partial charge in [0.1, 0.15) is 0 Å². The molecule has 0 aliphatic carbocycles. The van der Waals surface area contributed by atoms with Crippen LogP contribution in [0.15, 0.2) is 54.6 Å². The second kappa shape index (κ2) is 10.2. The number of rotatable bonds is 8. The van der Waals surface area contributed by atoms with Crippen LogP contribution in [0.5, 0.6) is 0 Å². The van der Waals surface area contributed by atoms with Crippen molar-refractivity contribution in [1.29, 1.82) is 0 Å². The van der Waals surface area contributed by atoms with Gasteiger partial charge in [0.25, 0.3) is 0 Å². The number of amides is 2. The minimum absolute atomic E-state index is 0.0443. The summed E-state index contributed by atoms with van der Waals surface area (Å²) in [4.78, 5) is 11.7. The van der Waals surface area contributed by atoms with Gasteiger partial charge in [-0.25, -0.2) is 4.79 Å². The van der Waals surface area contributed by atoms with Gasteiger partial charge in [-0.2, -0.15) is 0 Å². The molecule has 0 aliphatic heterocycles. The second-order valence-electron chi connectivity index (χ2n) is 5.45. The number of hydrogen-bond donors (Lipinski definition) is 3. The summed E-state index contributed by atoms with van der Waals surface area (Å²) in [6.07, 6.45) is -0.883. The molecule has 25 heavy (non-hydrogen) atoms. The maximum atomic E-state index is 12.0. The number of aliphatic hydroxyl groups excluding tert-OH is 1. The van der Waals surface area contributed by atoms with Crippen molar-refractivity contribution in [3.8, 4) is 0 Å². The lowest BCUT2D eigenvalue weighted by Crippen LogP contribution is -2.39. The van der Waals surface area contributed by atoms with E-state index in [9.17, 15) is 14.1 Å². The molecule has 0 spiro atoms. The van der Waals surface area contributed by atoms with Gasteiger partial charge < -0.3 is 15.7 Å². The van der Waals surface area contributed by atoms with Crippen molar-refractivity contribution < 1.29 is 14.1 Å². The van der Waals surface area contributed by atoms with E-state index in [1.807, 2.05) is 30.3 Å². The number of benzene rings is 2. The Morgan fingerprint density at radius 2 is 1.76 bits per heavy atom. The van der Waals surface area contributed by atoms with E-state index in [0.29, 0.717) is 28.6 Å². The van der Waals surface area contributed by atoms with Crippen molar-refractivity contribution in [1.82, 2.24) is 10.6 Å². The number of nitrogens with one attached hydrogen (secondary N) is 2. The topological polar surface area (TPSA) is 78.4 Å². The standard InChI is InChI=1S/C18H21ClN2O3S/c19-16-9-5-4-8-15(16)17(22)12-21-18(23)20-10-11-25(24)13-14-6-2-1-3-7-14/h1-9,17,22H,10-13H2,(H2,20,21,23)/t17-,25+/m1/s1. The molecule has 0 aliphatic rings. The lowest BCUT2D eigenvalue weighted by molar-refractivity contribution is 0.173. The Morgan fingerprint density at radius 3 is 2.48 bits per heavy atom. The van der Waals surface area contributed by atoms with Crippen LogP contribution < -0.4 is 10.6 Å². The fraction of sp³-hybridized carbons (Fsp3) is 0.278. The molecule has 2 aromatic carbocycles. The molecular formula is C18H21ClN2O3S. The highest BCUT2D eigenvalue weighted by molar-refractivity contribution is 7.84. The average Bonchev–Trinajstić information content (AvgIpc) is 2.61. The minimum atomic E-state index is -1.04. The van der Waals surface area contributed by atoms with Gasteiger partial charge in [0.15, 0.2) is 0 Å². The summed E-state index contributed by atoms with van der Waals surface area (Å²) in [5.74, 6) is 0.838. The van der Waals surface area contributed by atoms with Crippen molar-refractivity contribution in [2.45, 2.75) is 11.9 Å². The molecule has 0 bridgehead atoms. The van der Waals surface area contributed by atoms with Crippen molar-refractivity contribution in [2.24, 2.45) is 0 Å². The zero-order valence-electron chi connectivity index (χ0n) is 13.7. The van der Waals surface area contributed by atoms with Crippen LogP contribution in [0, 0.1) is 0 Å². The number of hydrogen-bond acceptors (Lipinski definition) is 3. The number of halogens is 1. The van der Waals surface area contributed by atoms with Crippen LogP contribution in [-0.4, -0.2) is 34.2 Å². The smallest absolute Gasteiger partial charge is 0.314 e. The van der Waals surface area contributed by atoms with E-state index in [1.54, 1.807) is 24.3 Å². The summed E-state index contributed by atoms with van der Waals surface area (Å²) in [5.41, 5.74) is 1.57. The first-order chi connectivity index (χ1) is 12.1. The first-order valence-electron chi connectivity index (χ1n) is 7.89. The zero-order valence-corrected chi connectivity index (χ0v) is 15.2. The van der Waals surface area contributed by atoms with Crippen molar-refractivity contribution >= 4 is 28.4 Å². The van der Waals surface area contributed by atoms with Crippen LogP contribution in [0.3, 0.4) is 0 Å². The van der Waals surface area contributed by atoms with Gasteiger partial charge in [0.2, 0.25) is 0 Å². The minimum Gasteiger partial charge on any atom is -0.387 e. The molecule has 0 saturated carbocycles. The van der Waals surface area contributed by atoms with E-state index in [2.05, 4.69) is 10.6 Å². The molecule has 3 N–H and O–H groups in total. The lowest BCUT2D eigenvalue weighted by Gasteiger charge is -2.14. The highest BCUT2D eigenvalue weighted by Gasteiger charge is 2.12. The highest BCUT2D eigenvalue weighted by atomic mass is 35.5. The summed E-state index contributed by atoms with van der Waals surface area (Å²) in [5, 5.41) is 15.7. The zero-order chi connectivity index (χ0) is 18.1. The largest absolute Gasteiger partial charge is 0.387 e. The summed E-state index contributed by atoms with van der Waals surface area (Å²) in [7, 11) is -1.04. The molecule has 0 fully saturated rings. The Labute approximate surface area is 154 Å². The van der Waals surface area contributed by atoms with E-state index in [0.717, 1.165) is 5.56 Å². The number of carbonyl (C=O) groups excluding carboxylic acids is 1. The van der Waals surface area contributed by atoms with Gasteiger partial charge in [-0.15, -0.1) is 0 Å². The Morgan fingerprint density at radius 1 is 1.08 bits per heavy atom. The normalized spacial score (nSPS) is 13.0. The van der Waals surface area contributed by atoms with Crippen molar-refractivity contribution in [3.63, 3.8) is 0 Å². The van der Waals surface area contributed by atoms with E-state index in [4.69, 9.17) is 11.6 Å². The lowest BCUT2D eigenvalue weighted by atomic mass is 10.1. The monoisotopic (exact) mass is 380 g/mol. The molecule has 0 saturated heterocycles. The molecule has 0 aromatic heterocycles. The summed E-state index contributed by atoms with van der Waals surface area (Å²) in [6.45, 7) is 0.343. The molecule has 0 unspecified atom stereocenters. The molecule has 0 radical (unpaired) electrons. The Kier molecular flexibility index (Phi) is 7.91. The molecule has 5 nitrogen and oxygen atoms in total. The molecule has 7 heteroatoms. The van der Waals surface area contributed by atoms with E-state index in [-0.39, 0.29) is 6.54 Å². The molecule has 2 amide bonds. The maximum Gasteiger partial charge on any atom is 0.314 e. The van der Waals surface area contributed by atoms with Gasteiger partial charge >= 0.3 is 6.03 Å². The molecule has 2 aromatic rings. The average molecular weight is 381 g/mol. The fourth-order valence-corrected chi connectivity index (χ4v) is 3.52. The third-order valence-electron chi connectivity index (χ3n) is 3.51. The molecule has 2 atom stereocenters. The number of aliphatic hydroxyl groups is 1. The first-order valence-corrected chi connectivity index (χ1v) is 9.76. The Bertz CT molecular complexity index is 712. The summed E-state index contributed by atoms with van der Waals surface area (Å²) < 4.78 is 12.0. The summed E-state index contributed by atoms with van der Waals surface area (Å²) in [6, 6.07) is 16.1. The van der Waals surface area contributed by atoms with Crippen molar-refractivity contribution in [2.75, 3.05) is 18.8 Å². The molecule has 134 valence electrons. The van der Waals surface area contributed by atoms with Gasteiger partial charge in [0, 0.05) is 46.0 Å². The third kappa shape index (κ3) is 6.86. The highest BCUT2D eigenvalue weighted by Crippen LogP contribution is 2.21. The molecule has 2 rings (SSSR count). The predicted octanol–water partition coefficient (Wildman–Crippen LogP) is 2.62. The number of carbonyl (C=O) groups is 1. The van der Waals surface area contributed by atoms with Gasteiger partial charge in [-0.1, -0.05) is 60.1 Å². The Hall–Kier alpha value is -1.89. The van der Waals surface area contributed by atoms with E-state index >= 15 is 0 Å². The van der Waals surface area contributed by atoms with Crippen molar-refractivity contribution in [3.05, 3.63) is 70.7 Å². The third-order valence-corrected chi connectivity index (χ3v) is 5.16. The van der Waals surface area contributed by atoms with E-state index in [1.165, 1.54) is 0 Å². The van der Waals surface area contributed by atoms with E-state index < -0.39 is 22.9 Å².